The van der Waals surface area contributed by atoms with Crippen LogP contribution in [0.15, 0.2) is 28.8 Å². The van der Waals surface area contributed by atoms with Gasteiger partial charge in [0.25, 0.3) is 0 Å². The number of carbonyl (C=O) groups is 2. The Balaban J connectivity index is 1.96. The molecule has 0 aliphatic heterocycles. The number of anilines is 1. The number of nitrogens with one attached hydrogen (secondary N) is 2. The standard InChI is InChI=1S/C14H14BrClN2O3/c1-7-4-10(15)12(6-11(7)16)18-14(21)17-9-3-2-8(5-9)13(19)20/h2-4,6,8-9H,5H2,1H3,(H,19,20)(H2,17,18,21). The van der Waals surface area contributed by atoms with Crippen LogP contribution in [0.2, 0.25) is 5.02 Å². The molecule has 0 aromatic heterocycles. The number of hydrogen-bond donors (Lipinski definition) is 3. The Morgan fingerprint density at radius 3 is 2.71 bits per heavy atom. The Bertz CT molecular complexity index is 618. The zero-order valence-corrected chi connectivity index (χ0v) is 13.5. The summed E-state index contributed by atoms with van der Waals surface area (Å²) in [6.45, 7) is 1.87. The number of carbonyl (C=O) groups excluding carboxylic acids is 1. The van der Waals surface area contributed by atoms with E-state index in [0.717, 1.165) is 10.0 Å². The van der Waals surface area contributed by atoms with Gasteiger partial charge >= 0.3 is 12.0 Å². The lowest BCUT2D eigenvalue weighted by Crippen LogP contribution is -2.36. The van der Waals surface area contributed by atoms with Gasteiger partial charge in [0.2, 0.25) is 0 Å². The smallest absolute Gasteiger partial charge is 0.319 e. The van der Waals surface area contributed by atoms with E-state index in [4.69, 9.17) is 16.7 Å². The number of rotatable bonds is 3. The maximum Gasteiger partial charge on any atom is 0.319 e. The first-order valence-electron chi connectivity index (χ1n) is 6.31. The highest BCUT2D eigenvalue weighted by molar-refractivity contribution is 9.10. The molecule has 0 saturated carbocycles. The maximum atomic E-state index is 11.9. The third-order valence-electron chi connectivity index (χ3n) is 3.21. The molecule has 3 N–H and O–H groups in total. The zero-order valence-electron chi connectivity index (χ0n) is 11.2. The molecule has 21 heavy (non-hydrogen) atoms. The van der Waals surface area contributed by atoms with Crippen LogP contribution < -0.4 is 10.6 Å². The molecule has 1 aromatic carbocycles. The van der Waals surface area contributed by atoms with E-state index in [2.05, 4.69) is 26.6 Å². The summed E-state index contributed by atoms with van der Waals surface area (Å²) in [5.41, 5.74) is 1.46. The second-order valence-electron chi connectivity index (χ2n) is 4.85. The average Bonchev–Trinajstić information content (AvgIpc) is 2.84. The highest BCUT2D eigenvalue weighted by Crippen LogP contribution is 2.29. The normalized spacial score (nSPS) is 20.3. The first kappa shape index (κ1) is 15.9. The third-order valence-corrected chi connectivity index (χ3v) is 4.28. The van der Waals surface area contributed by atoms with Crippen molar-refractivity contribution in [2.45, 2.75) is 19.4 Å². The van der Waals surface area contributed by atoms with Gasteiger partial charge in [-0.15, -0.1) is 0 Å². The van der Waals surface area contributed by atoms with Crippen LogP contribution in [0.25, 0.3) is 0 Å². The van der Waals surface area contributed by atoms with Crippen molar-refractivity contribution in [3.8, 4) is 0 Å². The topological polar surface area (TPSA) is 78.4 Å². The van der Waals surface area contributed by atoms with Gasteiger partial charge < -0.3 is 15.7 Å². The van der Waals surface area contributed by atoms with Crippen molar-refractivity contribution < 1.29 is 14.7 Å². The van der Waals surface area contributed by atoms with Crippen LogP contribution in [0.3, 0.4) is 0 Å². The SMILES string of the molecule is Cc1cc(Br)c(NC(=O)NC2C=CC(C(=O)O)C2)cc1Cl. The van der Waals surface area contributed by atoms with Gasteiger partial charge in [-0.05, 0) is 47.0 Å². The number of carboxylic acid groups (broad SMARTS) is 1. The van der Waals surface area contributed by atoms with Crippen molar-refractivity contribution in [3.05, 3.63) is 39.3 Å². The molecule has 1 aromatic rings. The number of halogens is 2. The number of aliphatic carboxylic acids is 1. The monoisotopic (exact) mass is 372 g/mol. The van der Waals surface area contributed by atoms with Gasteiger partial charge in [-0.25, -0.2) is 4.79 Å². The fourth-order valence-electron chi connectivity index (χ4n) is 2.06. The minimum absolute atomic E-state index is 0.286. The molecular formula is C14H14BrClN2O3. The van der Waals surface area contributed by atoms with E-state index in [-0.39, 0.29) is 6.04 Å². The molecule has 0 saturated heterocycles. The van der Waals surface area contributed by atoms with Crippen LogP contribution in [0.1, 0.15) is 12.0 Å². The third kappa shape index (κ3) is 3.98. The van der Waals surface area contributed by atoms with Gasteiger partial charge in [0.1, 0.15) is 0 Å². The summed E-state index contributed by atoms with van der Waals surface area (Å²) in [5, 5.41) is 14.8. The van der Waals surface area contributed by atoms with E-state index >= 15 is 0 Å². The predicted molar refractivity (Wildman–Crippen MR) is 84.7 cm³/mol. The summed E-state index contributed by atoms with van der Waals surface area (Å²) in [7, 11) is 0. The van der Waals surface area contributed by atoms with Crippen LogP contribution in [0, 0.1) is 12.8 Å². The van der Waals surface area contributed by atoms with Crippen molar-refractivity contribution in [2.24, 2.45) is 5.92 Å². The summed E-state index contributed by atoms with van der Waals surface area (Å²) < 4.78 is 0.727. The summed E-state index contributed by atoms with van der Waals surface area (Å²) >= 11 is 9.38. The van der Waals surface area contributed by atoms with Crippen molar-refractivity contribution in [1.29, 1.82) is 0 Å². The summed E-state index contributed by atoms with van der Waals surface area (Å²) in [4.78, 5) is 22.8. The van der Waals surface area contributed by atoms with E-state index in [1.807, 2.05) is 13.0 Å². The lowest BCUT2D eigenvalue weighted by atomic mass is 10.1. The number of amides is 2. The highest BCUT2D eigenvalue weighted by atomic mass is 79.9. The quantitative estimate of drug-likeness (QED) is 0.709. The minimum atomic E-state index is -0.885. The predicted octanol–water partition coefficient (Wildman–Crippen LogP) is 3.56. The number of carboxylic acids is 1. The van der Waals surface area contributed by atoms with Gasteiger partial charge in [0.15, 0.2) is 0 Å². The Morgan fingerprint density at radius 2 is 2.10 bits per heavy atom. The summed E-state index contributed by atoms with van der Waals surface area (Å²) in [6, 6.07) is 2.78. The molecule has 2 unspecified atom stereocenters. The number of benzene rings is 1. The molecule has 1 aliphatic carbocycles. The molecule has 2 amide bonds. The van der Waals surface area contributed by atoms with Crippen molar-refractivity contribution in [1.82, 2.24) is 5.32 Å². The Hall–Kier alpha value is -1.53. The fraction of sp³-hybridized carbons (Fsp3) is 0.286. The molecule has 0 heterocycles. The molecular weight excluding hydrogens is 360 g/mol. The van der Waals surface area contributed by atoms with Gasteiger partial charge in [0.05, 0.1) is 17.6 Å². The van der Waals surface area contributed by atoms with Gasteiger partial charge in [-0.3, -0.25) is 4.79 Å². The maximum absolute atomic E-state index is 11.9. The molecule has 7 heteroatoms. The molecule has 0 radical (unpaired) electrons. The molecule has 5 nitrogen and oxygen atoms in total. The molecule has 0 spiro atoms. The van der Waals surface area contributed by atoms with Crippen molar-refractivity contribution in [2.75, 3.05) is 5.32 Å². The first-order valence-corrected chi connectivity index (χ1v) is 7.48. The van der Waals surface area contributed by atoms with Gasteiger partial charge in [-0.2, -0.15) is 0 Å². The number of hydrogen-bond acceptors (Lipinski definition) is 2. The van der Waals surface area contributed by atoms with E-state index in [1.165, 1.54) is 0 Å². The molecule has 1 aliphatic rings. The Kier molecular flexibility index (Phi) is 4.90. The zero-order chi connectivity index (χ0) is 15.6. The highest BCUT2D eigenvalue weighted by Gasteiger charge is 2.25. The van der Waals surface area contributed by atoms with Gasteiger partial charge in [0, 0.05) is 9.50 Å². The lowest BCUT2D eigenvalue weighted by molar-refractivity contribution is -0.140. The van der Waals surface area contributed by atoms with Crippen LogP contribution >= 0.6 is 27.5 Å². The van der Waals surface area contributed by atoms with E-state index in [1.54, 1.807) is 18.2 Å². The number of urea groups is 1. The minimum Gasteiger partial charge on any atom is -0.481 e. The Labute approximate surface area is 135 Å². The second kappa shape index (κ2) is 6.49. The van der Waals surface area contributed by atoms with Crippen LogP contribution in [-0.2, 0) is 4.79 Å². The van der Waals surface area contributed by atoms with E-state index < -0.39 is 17.9 Å². The summed E-state index contributed by atoms with van der Waals surface area (Å²) in [6.07, 6.45) is 3.64. The van der Waals surface area contributed by atoms with Crippen LogP contribution in [0.4, 0.5) is 10.5 Å². The summed E-state index contributed by atoms with van der Waals surface area (Å²) in [5.74, 6) is -1.43. The van der Waals surface area contributed by atoms with Crippen LogP contribution in [0.5, 0.6) is 0 Å². The average molecular weight is 374 g/mol. The van der Waals surface area contributed by atoms with Crippen molar-refractivity contribution >= 4 is 45.2 Å². The second-order valence-corrected chi connectivity index (χ2v) is 6.11. The lowest BCUT2D eigenvalue weighted by Gasteiger charge is -2.14. The van der Waals surface area contributed by atoms with Gasteiger partial charge in [-0.1, -0.05) is 23.8 Å². The molecule has 112 valence electrons. The molecule has 2 atom stereocenters. The van der Waals surface area contributed by atoms with E-state index in [9.17, 15) is 9.59 Å². The molecule has 2 rings (SSSR count). The largest absolute Gasteiger partial charge is 0.481 e. The number of aryl methyl sites for hydroxylation is 1. The molecule has 0 bridgehead atoms. The fourth-order valence-corrected chi connectivity index (χ4v) is 2.78. The first-order chi connectivity index (χ1) is 9.86. The van der Waals surface area contributed by atoms with E-state index in [0.29, 0.717) is 17.1 Å². The van der Waals surface area contributed by atoms with Crippen molar-refractivity contribution in [3.63, 3.8) is 0 Å². The Morgan fingerprint density at radius 1 is 1.38 bits per heavy atom. The molecule has 0 fully saturated rings. The van der Waals surface area contributed by atoms with Crippen LogP contribution in [-0.4, -0.2) is 23.1 Å².